The monoisotopic (exact) mass is 392 g/mol. The fourth-order valence-corrected chi connectivity index (χ4v) is 2.41. The molecule has 0 saturated carbocycles. The quantitative estimate of drug-likeness (QED) is 0.599. The molecular weight excluding hydrogens is 372 g/mol. The third-order valence-electron chi connectivity index (χ3n) is 3.63. The highest BCUT2D eigenvalue weighted by Crippen LogP contribution is 2.22. The molecule has 0 saturated heterocycles. The van der Waals surface area contributed by atoms with Crippen LogP contribution in [-0.2, 0) is 4.79 Å². The van der Waals surface area contributed by atoms with Crippen LogP contribution in [0.25, 0.3) is 0 Å². The summed E-state index contributed by atoms with van der Waals surface area (Å²) in [5, 5.41) is 15.0. The lowest BCUT2D eigenvalue weighted by molar-refractivity contribution is -0.127. The van der Waals surface area contributed by atoms with Crippen LogP contribution in [0.5, 0.6) is 17.2 Å². The Morgan fingerprint density at radius 3 is 2.44 bits per heavy atom. The summed E-state index contributed by atoms with van der Waals surface area (Å²) in [7, 11) is 1.47. The van der Waals surface area contributed by atoms with Crippen molar-refractivity contribution in [3.05, 3.63) is 53.1 Å². The molecule has 0 aromatic heterocycles. The highest BCUT2D eigenvalue weighted by molar-refractivity contribution is 6.31. The number of phenolic OH excluding ortho intramolecular Hbond substituents is 1. The van der Waals surface area contributed by atoms with E-state index in [1.807, 2.05) is 0 Å². The largest absolute Gasteiger partial charge is 0.508 e. The van der Waals surface area contributed by atoms with Crippen LogP contribution in [0.4, 0.5) is 0 Å². The molecule has 2 aromatic rings. The van der Waals surface area contributed by atoms with Crippen molar-refractivity contribution < 1.29 is 24.2 Å². The van der Waals surface area contributed by atoms with Crippen molar-refractivity contribution in [2.75, 3.05) is 20.2 Å². The summed E-state index contributed by atoms with van der Waals surface area (Å²) in [5.41, 5.74) is 0.320. The van der Waals surface area contributed by atoms with Gasteiger partial charge in [-0.1, -0.05) is 11.6 Å². The van der Waals surface area contributed by atoms with E-state index in [4.69, 9.17) is 21.1 Å². The molecule has 27 heavy (non-hydrogen) atoms. The summed E-state index contributed by atoms with van der Waals surface area (Å²) in [6, 6.07) is 10.8. The molecule has 8 heteroatoms. The first-order valence-electron chi connectivity index (χ1n) is 8.26. The van der Waals surface area contributed by atoms with E-state index >= 15 is 0 Å². The van der Waals surface area contributed by atoms with Crippen LogP contribution >= 0.6 is 11.6 Å². The number of hydrogen-bond donors (Lipinski definition) is 3. The van der Waals surface area contributed by atoms with E-state index in [-0.39, 0.29) is 30.7 Å². The second kappa shape index (κ2) is 9.68. The molecule has 0 aliphatic carbocycles. The van der Waals surface area contributed by atoms with E-state index in [1.54, 1.807) is 31.2 Å². The molecule has 3 N–H and O–H groups in total. The van der Waals surface area contributed by atoms with Gasteiger partial charge in [0.2, 0.25) is 0 Å². The number of carbonyl (C=O) groups excluding carboxylic acids is 2. The van der Waals surface area contributed by atoms with Crippen molar-refractivity contribution in [1.29, 1.82) is 0 Å². The van der Waals surface area contributed by atoms with E-state index < -0.39 is 6.10 Å². The number of phenols is 1. The van der Waals surface area contributed by atoms with E-state index in [2.05, 4.69) is 10.6 Å². The van der Waals surface area contributed by atoms with Gasteiger partial charge in [0.15, 0.2) is 6.10 Å². The first-order chi connectivity index (χ1) is 12.9. The molecule has 1 unspecified atom stereocenters. The lowest BCUT2D eigenvalue weighted by atomic mass is 10.2. The zero-order valence-corrected chi connectivity index (χ0v) is 15.7. The minimum absolute atomic E-state index is 0.117. The van der Waals surface area contributed by atoms with Gasteiger partial charge >= 0.3 is 0 Å². The van der Waals surface area contributed by atoms with E-state index in [9.17, 15) is 14.7 Å². The van der Waals surface area contributed by atoms with Gasteiger partial charge in [-0.3, -0.25) is 9.59 Å². The zero-order chi connectivity index (χ0) is 19.8. The SMILES string of the molecule is COc1ccc(Cl)cc1C(=O)NCCNC(=O)C(C)Oc1ccc(O)cc1. The molecule has 2 aromatic carbocycles. The molecule has 144 valence electrons. The highest BCUT2D eigenvalue weighted by atomic mass is 35.5. The smallest absolute Gasteiger partial charge is 0.260 e. The van der Waals surface area contributed by atoms with Gasteiger partial charge in [-0.15, -0.1) is 0 Å². The van der Waals surface area contributed by atoms with Gasteiger partial charge in [0.1, 0.15) is 17.2 Å². The van der Waals surface area contributed by atoms with Gasteiger partial charge in [0.05, 0.1) is 12.7 Å². The van der Waals surface area contributed by atoms with E-state index in [1.165, 1.54) is 25.3 Å². The number of benzene rings is 2. The maximum atomic E-state index is 12.2. The normalized spacial score (nSPS) is 11.4. The van der Waals surface area contributed by atoms with Crippen molar-refractivity contribution in [2.24, 2.45) is 0 Å². The van der Waals surface area contributed by atoms with Crippen LogP contribution in [0.3, 0.4) is 0 Å². The van der Waals surface area contributed by atoms with Gasteiger partial charge in [-0.2, -0.15) is 0 Å². The summed E-state index contributed by atoms with van der Waals surface area (Å²) in [5.74, 6) is 0.329. The van der Waals surface area contributed by atoms with Crippen LogP contribution in [0.2, 0.25) is 5.02 Å². The summed E-state index contributed by atoms with van der Waals surface area (Å²) < 4.78 is 10.6. The zero-order valence-electron chi connectivity index (χ0n) is 15.0. The number of carbonyl (C=O) groups is 2. The minimum Gasteiger partial charge on any atom is -0.508 e. The molecule has 0 fully saturated rings. The van der Waals surface area contributed by atoms with Gasteiger partial charge in [0, 0.05) is 18.1 Å². The molecule has 1 atom stereocenters. The second-order valence-electron chi connectivity index (χ2n) is 5.65. The number of hydrogen-bond acceptors (Lipinski definition) is 5. The molecule has 0 spiro atoms. The second-order valence-corrected chi connectivity index (χ2v) is 6.08. The molecule has 0 aliphatic rings. The summed E-state index contributed by atoms with van der Waals surface area (Å²) >= 11 is 5.91. The Hall–Kier alpha value is -2.93. The van der Waals surface area contributed by atoms with Crippen molar-refractivity contribution >= 4 is 23.4 Å². The number of rotatable bonds is 8. The molecule has 0 bridgehead atoms. The average Bonchev–Trinajstić information content (AvgIpc) is 2.66. The maximum absolute atomic E-state index is 12.2. The molecule has 0 aliphatic heterocycles. The van der Waals surface area contributed by atoms with Crippen molar-refractivity contribution in [3.63, 3.8) is 0 Å². The maximum Gasteiger partial charge on any atom is 0.260 e. The lowest BCUT2D eigenvalue weighted by Crippen LogP contribution is -2.40. The van der Waals surface area contributed by atoms with Crippen molar-refractivity contribution in [2.45, 2.75) is 13.0 Å². The van der Waals surface area contributed by atoms with Gasteiger partial charge in [-0.25, -0.2) is 0 Å². The molecule has 2 rings (SSSR count). The van der Waals surface area contributed by atoms with E-state index in [0.717, 1.165) is 0 Å². The number of amides is 2. The molecule has 7 nitrogen and oxygen atoms in total. The Morgan fingerprint density at radius 1 is 1.11 bits per heavy atom. The van der Waals surface area contributed by atoms with Crippen molar-refractivity contribution in [1.82, 2.24) is 10.6 Å². The van der Waals surface area contributed by atoms with Crippen LogP contribution in [0.15, 0.2) is 42.5 Å². The Labute approximate surface area is 162 Å². The van der Waals surface area contributed by atoms with Gasteiger partial charge < -0.3 is 25.2 Å². The molecule has 0 heterocycles. The number of aromatic hydroxyl groups is 1. The number of methoxy groups -OCH3 is 1. The molecular formula is C19H21ClN2O5. The van der Waals surface area contributed by atoms with Crippen molar-refractivity contribution in [3.8, 4) is 17.2 Å². The Balaban J connectivity index is 1.77. The Morgan fingerprint density at radius 2 is 1.78 bits per heavy atom. The van der Waals surface area contributed by atoms with Gasteiger partial charge in [0.25, 0.3) is 11.8 Å². The highest BCUT2D eigenvalue weighted by Gasteiger charge is 2.15. The van der Waals surface area contributed by atoms with Crippen LogP contribution in [0, 0.1) is 0 Å². The van der Waals surface area contributed by atoms with Crippen LogP contribution in [-0.4, -0.2) is 43.2 Å². The Bertz CT molecular complexity index is 795. The van der Waals surface area contributed by atoms with E-state index in [0.29, 0.717) is 22.1 Å². The third-order valence-corrected chi connectivity index (χ3v) is 3.87. The third kappa shape index (κ3) is 6.07. The topological polar surface area (TPSA) is 96.9 Å². The lowest BCUT2D eigenvalue weighted by Gasteiger charge is -2.15. The summed E-state index contributed by atoms with van der Waals surface area (Å²) in [6.07, 6.45) is -0.724. The predicted octanol–water partition coefficient (Wildman–Crippen LogP) is 2.37. The predicted molar refractivity (Wildman–Crippen MR) is 102 cm³/mol. The van der Waals surface area contributed by atoms with Crippen LogP contribution in [0.1, 0.15) is 17.3 Å². The first kappa shape index (κ1) is 20.4. The average molecular weight is 393 g/mol. The number of nitrogens with one attached hydrogen (secondary N) is 2. The standard InChI is InChI=1S/C19H21ClN2O5/c1-12(27-15-6-4-14(23)5-7-15)18(24)21-9-10-22-19(25)16-11-13(20)3-8-17(16)26-2/h3-8,11-12,23H,9-10H2,1-2H3,(H,21,24)(H,22,25). The summed E-state index contributed by atoms with van der Waals surface area (Å²) in [6.45, 7) is 2.07. The summed E-state index contributed by atoms with van der Waals surface area (Å²) in [4.78, 5) is 24.3. The number of halogens is 1. The Kier molecular flexibility index (Phi) is 7.31. The number of ether oxygens (including phenoxy) is 2. The molecule has 2 amide bonds. The van der Waals surface area contributed by atoms with Crippen LogP contribution < -0.4 is 20.1 Å². The first-order valence-corrected chi connectivity index (χ1v) is 8.63. The fourth-order valence-electron chi connectivity index (χ4n) is 2.24. The minimum atomic E-state index is -0.724. The van der Waals surface area contributed by atoms with Gasteiger partial charge in [-0.05, 0) is 49.4 Å². The molecule has 0 radical (unpaired) electrons. The fraction of sp³-hybridized carbons (Fsp3) is 0.263.